The molecule has 0 aliphatic rings. The van der Waals surface area contributed by atoms with Crippen LogP contribution in [0.15, 0.2) is 41.2 Å². The summed E-state index contributed by atoms with van der Waals surface area (Å²) in [5.74, 6) is 0.134. The van der Waals surface area contributed by atoms with Gasteiger partial charge >= 0.3 is 18.0 Å². The Morgan fingerprint density at radius 1 is 1.03 bits per heavy atom. The minimum Gasteiger partial charge on any atom is -0.496 e. The number of aryl methyl sites for hydroxylation is 1. The van der Waals surface area contributed by atoms with Crippen LogP contribution in [0.1, 0.15) is 25.3 Å². The number of rotatable bonds is 6. The zero-order valence-electron chi connectivity index (χ0n) is 16.6. The number of aliphatic hydroxyl groups is 1. The van der Waals surface area contributed by atoms with Crippen LogP contribution in [0.2, 0.25) is 0 Å². The average molecular weight is 447 g/mol. The summed E-state index contributed by atoms with van der Waals surface area (Å²) in [6.07, 6.45) is -10.6. The molecule has 0 bridgehead atoms. The van der Waals surface area contributed by atoms with Crippen molar-refractivity contribution < 1.29 is 36.2 Å². The maximum atomic E-state index is 14.8. The highest BCUT2D eigenvalue weighted by Gasteiger charge is 2.72. The van der Waals surface area contributed by atoms with Gasteiger partial charge in [-0.3, -0.25) is 4.79 Å². The first kappa shape index (κ1) is 22.9. The van der Waals surface area contributed by atoms with E-state index >= 15 is 0 Å². The first-order chi connectivity index (χ1) is 14.4. The number of alkyl halides is 6. The van der Waals surface area contributed by atoms with Gasteiger partial charge in [-0.05, 0) is 24.6 Å². The summed E-state index contributed by atoms with van der Waals surface area (Å²) < 4.78 is 88.2. The van der Waals surface area contributed by atoms with E-state index in [1.807, 2.05) is 6.92 Å². The van der Waals surface area contributed by atoms with Crippen molar-refractivity contribution in [3.8, 4) is 5.75 Å². The van der Waals surface area contributed by atoms with Crippen LogP contribution in [0.5, 0.6) is 5.75 Å². The lowest BCUT2D eigenvalue weighted by Gasteiger charge is -2.32. The number of hydrogen-bond donors (Lipinski definition) is 1. The smallest absolute Gasteiger partial charge is 0.435 e. The van der Waals surface area contributed by atoms with E-state index in [4.69, 9.17) is 9.84 Å². The van der Waals surface area contributed by atoms with Gasteiger partial charge in [-0.1, -0.05) is 31.5 Å². The molecular formula is C21H19F6NO3. The lowest BCUT2D eigenvalue weighted by atomic mass is 9.91. The monoisotopic (exact) mass is 447 g/mol. The third-order valence-corrected chi connectivity index (χ3v) is 5.22. The lowest BCUT2D eigenvalue weighted by molar-refractivity contribution is -0.375. The van der Waals surface area contributed by atoms with E-state index in [9.17, 15) is 31.1 Å². The summed E-state index contributed by atoms with van der Waals surface area (Å²) in [5, 5.41) is 8.88. The fourth-order valence-corrected chi connectivity index (χ4v) is 3.64. The number of ether oxygens (including phenoxy) is 1. The van der Waals surface area contributed by atoms with Crippen LogP contribution < -0.4 is 10.3 Å². The second-order valence-electron chi connectivity index (χ2n) is 7.12. The molecule has 3 rings (SSSR count). The van der Waals surface area contributed by atoms with Crippen molar-refractivity contribution in [2.45, 2.75) is 44.3 Å². The van der Waals surface area contributed by atoms with E-state index in [1.165, 1.54) is 29.9 Å². The van der Waals surface area contributed by atoms with Crippen LogP contribution in [-0.4, -0.2) is 29.1 Å². The highest BCUT2D eigenvalue weighted by Crippen LogP contribution is 2.52. The van der Waals surface area contributed by atoms with Crippen LogP contribution in [0, 0.1) is 0 Å². The molecule has 0 amide bonds. The number of aromatic nitrogens is 1. The minimum absolute atomic E-state index is 0.0259. The van der Waals surface area contributed by atoms with Crippen molar-refractivity contribution >= 4 is 21.7 Å². The van der Waals surface area contributed by atoms with Gasteiger partial charge in [0.15, 0.2) is 0 Å². The third-order valence-electron chi connectivity index (χ3n) is 5.22. The molecule has 0 aliphatic carbocycles. The Morgan fingerprint density at radius 3 is 2.26 bits per heavy atom. The van der Waals surface area contributed by atoms with Gasteiger partial charge in [-0.25, -0.2) is 4.39 Å². The molecule has 1 heterocycles. The molecule has 0 spiro atoms. The summed E-state index contributed by atoms with van der Waals surface area (Å²) in [7, 11) is 1.30. The van der Waals surface area contributed by atoms with Gasteiger partial charge in [-0.15, -0.1) is 0 Å². The SMILES string of the molecule is CCCCn1c(=O)c2c(OC)cccc2c2cc(C(F)(C(O)(F)F)C(F)(F)F)ccc21. The summed E-state index contributed by atoms with van der Waals surface area (Å²) in [6.45, 7) is 2.08. The molecule has 0 saturated carbocycles. The van der Waals surface area contributed by atoms with Crippen LogP contribution in [-0.2, 0) is 12.2 Å². The molecule has 0 saturated heterocycles. The lowest BCUT2D eigenvalue weighted by Crippen LogP contribution is -2.52. The summed E-state index contributed by atoms with van der Waals surface area (Å²) >= 11 is 0. The predicted octanol–water partition coefficient (Wildman–Crippen LogP) is 5.28. The molecule has 1 N–H and O–H groups in total. The molecule has 0 radical (unpaired) electrons. The van der Waals surface area contributed by atoms with Crippen LogP contribution in [0.25, 0.3) is 21.7 Å². The van der Waals surface area contributed by atoms with Crippen LogP contribution >= 0.6 is 0 Å². The highest BCUT2D eigenvalue weighted by molar-refractivity contribution is 6.08. The van der Waals surface area contributed by atoms with E-state index < -0.39 is 29.1 Å². The van der Waals surface area contributed by atoms with Gasteiger partial charge in [0, 0.05) is 22.9 Å². The minimum atomic E-state index is -6.11. The van der Waals surface area contributed by atoms with Crippen molar-refractivity contribution in [3.05, 3.63) is 52.3 Å². The summed E-state index contributed by atoms with van der Waals surface area (Å²) in [6, 6.07) is 6.42. The number of fused-ring (bicyclic) bond motifs is 3. The number of methoxy groups -OCH3 is 1. The zero-order valence-corrected chi connectivity index (χ0v) is 16.6. The summed E-state index contributed by atoms with van der Waals surface area (Å²) in [4.78, 5) is 13.1. The second-order valence-corrected chi connectivity index (χ2v) is 7.12. The van der Waals surface area contributed by atoms with Gasteiger partial charge in [0.25, 0.3) is 5.56 Å². The molecule has 0 fully saturated rings. The average Bonchev–Trinajstić information content (AvgIpc) is 2.70. The number of halogens is 6. The van der Waals surface area contributed by atoms with E-state index in [0.29, 0.717) is 25.0 Å². The molecule has 1 unspecified atom stereocenters. The van der Waals surface area contributed by atoms with Gasteiger partial charge in [0.05, 0.1) is 18.0 Å². The molecule has 2 aromatic carbocycles. The fraction of sp³-hybridized carbons (Fsp3) is 0.381. The van der Waals surface area contributed by atoms with Gasteiger partial charge in [0.2, 0.25) is 0 Å². The van der Waals surface area contributed by atoms with Gasteiger partial charge in [0.1, 0.15) is 5.75 Å². The second kappa shape index (κ2) is 7.74. The molecule has 168 valence electrons. The quantitative estimate of drug-likeness (QED) is 0.414. The maximum absolute atomic E-state index is 14.8. The highest BCUT2D eigenvalue weighted by atomic mass is 19.4. The first-order valence-corrected chi connectivity index (χ1v) is 9.38. The molecule has 1 aromatic heterocycles. The van der Waals surface area contributed by atoms with Crippen molar-refractivity contribution in [2.24, 2.45) is 0 Å². The predicted molar refractivity (Wildman–Crippen MR) is 103 cm³/mol. The number of hydrogen-bond acceptors (Lipinski definition) is 3. The van der Waals surface area contributed by atoms with Crippen molar-refractivity contribution in [1.29, 1.82) is 0 Å². The fourth-order valence-electron chi connectivity index (χ4n) is 3.64. The number of unbranched alkanes of at least 4 members (excludes halogenated alkanes) is 1. The van der Waals surface area contributed by atoms with E-state index in [0.717, 1.165) is 6.07 Å². The largest absolute Gasteiger partial charge is 0.496 e. The van der Waals surface area contributed by atoms with Gasteiger partial charge < -0.3 is 14.4 Å². The van der Waals surface area contributed by atoms with Crippen molar-refractivity contribution in [2.75, 3.05) is 7.11 Å². The Hall–Kier alpha value is -2.75. The Bertz CT molecular complexity index is 1170. The molecule has 31 heavy (non-hydrogen) atoms. The van der Waals surface area contributed by atoms with E-state index in [1.54, 1.807) is 0 Å². The normalized spacial score (nSPS) is 14.7. The standard InChI is InChI=1S/C21H19F6NO3/c1-3-4-10-28-15-9-8-12(19(22,20(23,24)25)21(26,27)30)11-14(15)13-6-5-7-16(31-2)17(13)18(28)29/h5-9,11,30H,3-4,10H2,1-2H3. The Kier molecular flexibility index (Phi) is 5.72. The Labute approximate surface area is 172 Å². The van der Waals surface area contributed by atoms with Crippen molar-refractivity contribution in [1.82, 2.24) is 4.57 Å². The van der Waals surface area contributed by atoms with Crippen LogP contribution in [0.4, 0.5) is 26.3 Å². The first-order valence-electron chi connectivity index (χ1n) is 9.38. The molecule has 10 heteroatoms. The number of pyridine rings is 1. The molecular weight excluding hydrogens is 428 g/mol. The zero-order chi connectivity index (χ0) is 23.2. The Balaban J connectivity index is 2.48. The van der Waals surface area contributed by atoms with Gasteiger partial charge in [-0.2, -0.15) is 22.0 Å². The molecule has 3 aromatic rings. The van der Waals surface area contributed by atoms with E-state index in [-0.39, 0.29) is 34.0 Å². The van der Waals surface area contributed by atoms with Crippen LogP contribution in [0.3, 0.4) is 0 Å². The van der Waals surface area contributed by atoms with E-state index in [2.05, 4.69) is 0 Å². The maximum Gasteiger partial charge on any atom is 0.435 e. The molecule has 4 nitrogen and oxygen atoms in total. The van der Waals surface area contributed by atoms with Crippen molar-refractivity contribution in [3.63, 3.8) is 0 Å². The topological polar surface area (TPSA) is 51.5 Å². The Morgan fingerprint density at radius 2 is 1.71 bits per heavy atom. The number of nitrogens with zero attached hydrogens (tertiary/aromatic N) is 1. The summed E-state index contributed by atoms with van der Waals surface area (Å²) in [5.41, 5.74) is -7.15. The molecule has 1 atom stereocenters. The molecule has 0 aliphatic heterocycles. The third kappa shape index (κ3) is 3.52. The number of benzene rings is 2.